The van der Waals surface area contributed by atoms with Gasteiger partial charge in [-0.3, -0.25) is 0 Å². The van der Waals surface area contributed by atoms with Crippen LogP contribution in [0, 0.1) is 5.82 Å². The van der Waals surface area contributed by atoms with Crippen LogP contribution >= 0.6 is 0 Å². The van der Waals surface area contributed by atoms with Crippen molar-refractivity contribution < 1.29 is 9.18 Å². The van der Waals surface area contributed by atoms with Gasteiger partial charge >= 0.3 is 6.03 Å². The van der Waals surface area contributed by atoms with Gasteiger partial charge in [0, 0.05) is 31.2 Å². The first-order valence-corrected chi connectivity index (χ1v) is 6.15. The molecule has 0 unspecified atom stereocenters. The van der Waals surface area contributed by atoms with Crippen LogP contribution in [0.2, 0.25) is 0 Å². The number of nitrogens with one attached hydrogen (secondary N) is 2. The van der Waals surface area contributed by atoms with E-state index in [4.69, 9.17) is 0 Å². The molecule has 0 radical (unpaired) electrons. The first-order valence-electron chi connectivity index (χ1n) is 6.15. The molecule has 0 aromatic heterocycles. The number of nitrogens with zero attached hydrogens (tertiary/aromatic N) is 1. The molecule has 4 nitrogen and oxygen atoms in total. The van der Waals surface area contributed by atoms with E-state index in [1.807, 2.05) is 43.3 Å². The van der Waals surface area contributed by atoms with Crippen LogP contribution in [0.5, 0.6) is 0 Å². The Bertz CT molecular complexity index is 579. The van der Waals surface area contributed by atoms with Crippen LogP contribution in [-0.4, -0.2) is 20.1 Å². The molecule has 0 aliphatic rings. The Balaban J connectivity index is 1.95. The van der Waals surface area contributed by atoms with Gasteiger partial charge in [0.15, 0.2) is 0 Å². The number of urea groups is 1. The largest absolute Gasteiger partial charge is 0.378 e. The summed E-state index contributed by atoms with van der Waals surface area (Å²) in [5, 5.41) is 5.34. The average molecular weight is 273 g/mol. The molecule has 2 aromatic carbocycles. The van der Waals surface area contributed by atoms with Gasteiger partial charge in [-0.1, -0.05) is 0 Å². The average Bonchev–Trinajstić information content (AvgIpc) is 2.42. The van der Waals surface area contributed by atoms with Gasteiger partial charge in [0.1, 0.15) is 5.82 Å². The molecule has 0 saturated heterocycles. The number of benzene rings is 2. The van der Waals surface area contributed by atoms with Gasteiger partial charge in [0.2, 0.25) is 0 Å². The Morgan fingerprint density at radius 1 is 0.900 bits per heavy atom. The van der Waals surface area contributed by atoms with Gasteiger partial charge in [0.25, 0.3) is 0 Å². The second-order valence-electron chi connectivity index (χ2n) is 4.53. The molecule has 0 heterocycles. The minimum Gasteiger partial charge on any atom is -0.378 e. The zero-order valence-corrected chi connectivity index (χ0v) is 11.4. The summed E-state index contributed by atoms with van der Waals surface area (Å²) in [5.74, 6) is -0.338. The van der Waals surface area contributed by atoms with Gasteiger partial charge in [-0.05, 0) is 48.5 Å². The summed E-state index contributed by atoms with van der Waals surface area (Å²) < 4.78 is 12.7. The smallest absolute Gasteiger partial charge is 0.323 e. The van der Waals surface area contributed by atoms with Crippen LogP contribution in [0.3, 0.4) is 0 Å². The number of hydrogen-bond donors (Lipinski definition) is 2. The van der Waals surface area contributed by atoms with Crippen LogP contribution < -0.4 is 15.5 Å². The lowest BCUT2D eigenvalue weighted by molar-refractivity contribution is 0.262. The van der Waals surface area contributed by atoms with Crippen molar-refractivity contribution in [2.24, 2.45) is 0 Å². The quantitative estimate of drug-likeness (QED) is 0.898. The summed E-state index contributed by atoms with van der Waals surface area (Å²) in [4.78, 5) is 13.7. The zero-order valence-electron chi connectivity index (χ0n) is 11.4. The van der Waals surface area contributed by atoms with Crippen molar-refractivity contribution >= 4 is 23.1 Å². The highest BCUT2D eigenvalue weighted by Crippen LogP contribution is 2.16. The number of hydrogen-bond acceptors (Lipinski definition) is 2. The summed E-state index contributed by atoms with van der Waals surface area (Å²) in [6.45, 7) is 0. The van der Waals surface area contributed by atoms with Crippen LogP contribution in [-0.2, 0) is 0 Å². The molecular formula is C15H16FN3O. The van der Waals surface area contributed by atoms with Crippen molar-refractivity contribution in [3.8, 4) is 0 Å². The van der Waals surface area contributed by atoms with Crippen molar-refractivity contribution in [1.82, 2.24) is 0 Å². The number of halogens is 1. The monoisotopic (exact) mass is 273 g/mol. The van der Waals surface area contributed by atoms with Crippen LogP contribution in [0.25, 0.3) is 0 Å². The topological polar surface area (TPSA) is 44.4 Å². The number of carbonyl (C=O) groups excluding carboxylic acids is 1. The van der Waals surface area contributed by atoms with E-state index in [2.05, 4.69) is 10.6 Å². The third kappa shape index (κ3) is 3.71. The van der Waals surface area contributed by atoms with Gasteiger partial charge in [-0.2, -0.15) is 0 Å². The molecular weight excluding hydrogens is 257 g/mol. The highest BCUT2D eigenvalue weighted by Gasteiger charge is 2.03. The Morgan fingerprint density at radius 3 is 1.80 bits per heavy atom. The second-order valence-corrected chi connectivity index (χ2v) is 4.53. The lowest BCUT2D eigenvalue weighted by Gasteiger charge is -2.13. The molecule has 0 fully saturated rings. The van der Waals surface area contributed by atoms with E-state index in [1.54, 1.807) is 0 Å². The third-order valence-corrected chi connectivity index (χ3v) is 2.74. The van der Waals surface area contributed by atoms with Crippen LogP contribution in [0.1, 0.15) is 0 Å². The van der Waals surface area contributed by atoms with Crippen molar-refractivity contribution in [3.05, 3.63) is 54.3 Å². The maximum absolute atomic E-state index is 12.7. The number of carbonyl (C=O) groups is 1. The molecule has 2 N–H and O–H groups in total. The first kappa shape index (κ1) is 13.9. The van der Waals surface area contributed by atoms with E-state index < -0.39 is 0 Å². The molecule has 2 aromatic rings. The van der Waals surface area contributed by atoms with Crippen LogP contribution in [0.4, 0.5) is 26.2 Å². The Hall–Kier alpha value is -2.56. The van der Waals surface area contributed by atoms with E-state index in [1.165, 1.54) is 24.3 Å². The Morgan fingerprint density at radius 2 is 1.35 bits per heavy atom. The number of anilines is 3. The SMILES string of the molecule is CN(C)c1ccc(NC(=O)Nc2ccc(F)cc2)cc1. The molecule has 0 bridgehead atoms. The van der Waals surface area contributed by atoms with Crippen molar-refractivity contribution in [2.75, 3.05) is 29.6 Å². The third-order valence-electron chi connectivity index (χ3n) is 2.74. The zero-order chi connectivity index (χ0) is 14.5. The highest BCUT2D eigenvalue weighted by molar-refractivity contribution is 5.99. The fourth-order valence-electron chi connectivity index (χ4n) is 1.67. The Labute approximate surface area is 117 Å². The van der Waals surface area contributed by atoms with E-state index in [0.29, 0.717) is 11.4 Å². The minimum atomic E-state index is -0.366. The molecule has 0 aliphatic carbocycles. The second kappa shape index (κ2) is 6.06. The summed E-state index contributed by atoms with van der Waals surface area (Å²) >= 11 is 0. The fourth-order valence-corrected chi connectivity index (χ4v) is 1.67. The normalized spacial score (nSPS) is 9.95. The molecule has 2 amide bonds. The molecule has 0 spiro atoms. The van der Waals surface area contributed by atoms with E-state index in [0.717, 1.165) is 5.69 Å². The van der Waals surface area contributed by atoms with Gasteiger partial charge in [-0.15, -0.1) is 0 Å². The molecule has 2 rings (SSSR count). The van der Waals surface area contributed by atoms with E-state index >= 15 is 0 Å². The lowest BCUT2D eigenvalue weighted by atomic mass is 10.2. The first-order chi connectivity index (χ1) is 9.54. The minimum absolute atomic E-state index is 0.338. The summed E-state index contributed by atoms with van der Waals surface area (Å²) in [6.07, 6.45) is 0. The molecule has 5 heteroatoms. The number of rotatable bonds is 3. The molecule has 0 aliphatic heterocycles. The Kier molecular flexibility index (Phi) is 4.20. The van der Waals surface area contributed by atoms with Gasteiger partial charge < -0.3 is 15.5 Å². The molecule has 0 atom stereocenters. The van der Waals surface area contributed by atoms with E-state index in [-0.39, 0.29) is 11.8 Å². The lowest BCUT2D eigenvalue weighted by Crippen LogP contribution is -2.19. The van der Waals surface area contributed by atoms with Gasteiger partial charge in [0.05, 0.1) is 0 Å². The van der Waals surface area contributed by atoms with Crippen molar-refractivity contribution in [2.45, 2.75) is 0 Å². The standard InChI is InChI=1S/C15H16FN3O/c1-19(2)14-9-7-13(8-10-14)18-15(20)17-12-5-3-11(16)4-6-12/h3-10H,1-2H3,(H2,17,18,20). The van der Waals surface area contributed by atoms with Crippen molar-refractivity contribution in [1.29, 1.82) is 0 Å². The van der Waals surface area contributed by atoms with Gasteiger partial charge in [-0.25, -0.2) is 9.18 Å². The molecule has 104 valence electrons. The number of amides is 2. The molecule has 20 heavy (non-hydrogen) atoms. The molecule has 0 saturated carbocycles. The van der Waals surface area contributed by atoms with Crippen LogP contribution in [0.15, 0.2) is 48.5 Å². The van der Waals surface area contributed by atoms with Crippen molar-refractivity contribution in [3.63, 3.8) is 0 Å². The van der Waals surface area contributed by atoms with E-state index in [9.17, 15) is 9.18 Å². The summed E-state index contributed by atoms with van der Waals surface area (Å²) in [6, 6.07) is 12.7. The maximum atomic E-state index is 12.7. The maximum Gasteiger partial charge on any atom is 0.323 e. The summed E-state index contributed by atoms with van der Waals surface area (Å²) in [7, 11) is 3.90. The predicted octanol–water partition coefficient (Wildman–Crippen LogP) is 3.54. The predicted molar refractivity (Wildman–Crippen MR) is 79.8 cm³/mol. The highest BCUT2D eigenvalue weighted by atomic mass is 19.1. The fraction of sp³-hybridized carbons (Fsp3) is 0.133. The summed E-state index contributed by atoms with van der Waals surface area (Å²) in [5.41, 5.74) is 2.28.